The van der Waals surface area contributed by atoms with Crippen LogP contribution >= 0.6 is 0 Å². The molecule has 2 amide bonds. The smallest absolute Gasteiger partial charge is 0.253 e. The molecule has 0 radical (unpaired) electrons. The Morgan fingerprint density at radius 2 is 1.62 bits per heavy atom. The first-order valence-corrected chi connectivity index (χ1v) is 8.61. The number of carbonyl (C=O) groups is 2. The molecular formula is C20H23FN2O3. The molecule has 0 bridgehead atoms. The third kappa shape index (κ3) is 5.58. The summed E-state index contributed by atoms with van der Waals surface area (Å²) in [6.45, 7) is 5.37. The summed E-state index contributed by atoms with van der Waals surface area (Å²) in [6, 6.07) is 12.4. The number of hydrogen-bond acceptors (Lipinski definition) is 3. The second-order valence-corrected chi connectivity index (χ2v) is 5.66. The van der Waals surface area contributed by atoms with Crippen LogP contribution in [0.2, 0.25) is 0 Å². The van der Waals surface area contributed by atoms with Crippen LogP contribution in [0.15, 0.2) is 48.5 Å². The summed E-state index contributed by atoms with van der Waals surface area (Å²) >= 11 is 0. The van der Waals surface area contributed by atoms with Gasteiger partial charge in [-0.1, -0.05) is 0 Å². The van der Waals surface area contributed by atoms with Crippen LogP contribution in [-0.4, -0.2) is 36.4 Å². The molecule has 2 aromatic rings. The van der Waals surface area contributed by atoms with Gasteiger partial charge in [0.1, 0.15) is 11.6 Å². The molecule has 0 unspecified atom stereocenters. The first-order valence-electron chi connectivity index (χ1n) is 8.61. The van der Waals surface area contributed by atoms with Gasteiger partial charge in [0.25, 0.3) is 5.91 Å². The van der Waals surface area contributed by atoms with Gasteiger partial charge in [-0.25, -0.2) is 4.39 Å². The van der Waals surface area contributed by atoms with E-state index in [1.807, 2.05) is 13.8 Å². The molecular weight excluding hydrogens is 335 g/mol. The number of nitrogens with zero attached hydrogens (tertiary/aromatic N) is 1. The molecule has 0 heterocycles. The molecule has 0 saturated heterocycles. The second kappa shape index (κ2) is 9.56. The Bertz CT molecular complexity index is 726. The van der Waals surface area contributed by atoms with Crippen LogP contribution in [0.25, 0.3) is 0 Å². The first-order chi connectivity index (χ1) is 12.5. The van der Waals surface area contributed by atoms with Crippen molar-refractivity contribution >= 4 is 17.5 Å². The maximum atomic E-state index is 12.8. The summed E-state index contributed by atoms with van der Waals surface area (Å²) in [7, 11) is 0. The van der Waals surface area contributed by atoms with E-state index in [0.29, 0.717) is 30.1 Å². The maximum absolute atomic E-state index is 12.8. The minimum Gasteiger partial charge on any atom is -0.493 e. The van der Waals surface area contributed by atoms with Crippen LogP contribution in [0.5, 0.6) is 5.75 Å². The van der Waals surface area contributed by atoms with Crippen molar-refractivity contribution in [1.82, 2.24) is 4.90 Å². The first kappa shape index (κ1) is 19.4. The Morgan fingerprint density at radius 1 is 1.00 bits per heavy atom. The molecule has 0 fully saturated rings. The molecule has 5 nitrogen and oxygen atoms in total. The lowest BCUT2D eigenvalue weighted by Crippen LogP contribution is -2.30. The number of hydrogen-bond donors (Lipinski definition) is 1. The van der Waals surface area contributed by atoms with Crippen molar-refractivity contribution in [3.63, 3.8) is 0 Å². The number of nitrogens with one attached hydrogen (secondary N) is 1. The van der Waals surface area contributed by atoms with Crippen LogP contribution < -0.4 is 10.1 Å². The van der Waals surface area contributed by atoms with E-state index in [9.17, 15) is 14.0 Å². The summed E-state index contributed by atoms with van der Waals surface area (Å²) in [4.78, 5) is 25.9. The van der Waals surface area contributed by atoms with Gasteiger partial charge in [-0.3, -0.25) is 9.59 Å². The topological polar surface area (TPSA) is 58.6 Å². The molecule has 0 saturated carbocycles. The largest absolute Gasteiger partial charge is 0.493 e. The highest BCUT2D eigenvalue weighted by Gasteiger charge is 2.12. The number of anilines is 1. The zero-order valence-electron chi connectivity index (χ0n) is 15.0. The summed E-state index contributed by atoms with van der Waals surface area (Å²) in [6.07, 6.45) is 0.164. The monoisotopic (exact) mass is 358 g/mol. The number of rotatable bonds is 8. The Labute approximate surface area is 152 Å². The number of halogens is 1. The fourth-order valence-electron chi connectivity index (χ4n) is 2.41. The fraction of sp³-hybridized carbons (Fsp3) is 0.300. The van der Waals surface area contributed by atoms with Crippen molar-refractivity contribution in [2.24, 2.45) is 0 Å². The Balaban J connectivity index is 1.81. The van der Waals surface area contributed by atoms with Crippen molar-refractivity contribution in [2.75, 3.05) is 25.0 Å². The van der Waals surface area contributed by atoms with Gasteiger partial charge in [0.2, 0.25) is 5.91 Å². The Kier molecular flexibility index (Phi) is 7.14. The third-order valence-corrected chi connectivity index (χ3v) is 3.88. The number of ether oxygens (including phenoxy) is 1. The average Bonchev–Trinajstić information content (AvgIpc) is 2.65. The molecule has 2 rings (SSSR count). The third-order valence-electron chi connectivity index (χ3n) is 3.88. The molecule has 6 heteroatoms. The molecule has 1 N–H and O–H groups in total. The molecule has 26 heavy (non-hydrogen) atoms. The van der Waals surface area contributed by atoms with Gasteiger partial charge < -0.3 is 15.0 Å². The molecule has 2 aromatic carbocycles. The van der Waals surface area contributed by atoms with E-state index in [0.717, 1.165) is 0 Å². The molecule has 0 spiro atoms. The normalized spacial score (nSPS) is 10.3. The zero-order valence-corrected chi connectivity index (χ0v) is 15.0. The van der Waals surface area contributed by atoms with Crippen molar-refractivity contribution in [3.05, 3.63) is 59.9 Å². The average molecular weight is 358 g/mol. The van der Waals surface area contributed by atoms with E-state index in [1.165, 1.54) is 24.3 Å². The van der Waals surface area contributed by atoms with Gasteiger partial charge >= 0.3 is 0 Å². The highest BCUT2D eigenvalue weighted by atomic mass is 19.1. The predicted octanol–water partition coefficient (Wildman–Crippen LogP) is 3.72. The molecule has 0 aromatic heterocycles. The van der Waals surface area contributed by atoms with Crippen molar-refractivity contribution in [3.8, 4) is 5.75 Å². The quantitative estimate of drug-likeness (QED) is 0.782. The predicted molar refractivity (Wildman–Crippen MR) is 98.8 cm³/mol. The zero-order chi connectivity index (χ0) is 18.9. The molecule has 0 aliphatic heterocycles. The fourth-order valence-corrected chi connectivity index (χ4v) is 2.41. The lowest BCUT2D eigenvalue weighted by molar-refractivity contribution is -0.116. The van der Waals surface area contributed by atoms with Crippen molar-refractivity contribution in [1.29, 1.82) is 0 Å². The van der Waals surface area contributed by atoms with E-state index < -0.39 is 0 Å². The molecule has 0 aliphatic rings. The van der Waals surface area contributed by atoms with Crippen LogP contribution in [0.1, 0.15) is 30.6 Å². The van der Waals surface area contributed by atoms with Crippen LogP contribution in [-0.2, 0) is 4.79 Å². The minimum absolute atomic E-state index is 0.0272. The molecule has 138 valence electrons. The highest BCUT2D eigenvalue weighted by Crippen LogP contribution is 2.13. The lowest BCUT2D eigenvalue weighted by Gasteiger charge is -2.18. The SMILES string of the molecule is CCN(CC)C(=O)c1ccc(NC(=O)CCOc2ccc(F)cc2)cc1. The highest BCUT2D eigenvalue weighted by molar-refractivity contribution is 5.95. The standard InChI is InChI=1S/C20H23FN2O3/c1-3-23(4-2)20(25)15-5-9-17(10-6-15)22-19(24)13-14-26-18-11-7-16(21)8-12-18/h5-12H,3-4,13-14H2,1-2H3,(H,22,24). The van der Waals surface area contributed by atoms with Gasteiger partial charge in [-0.05, 0) is 62.4 Å². The van der Waals surface area contributed by atoms with Gasteiger partial charge in [0.15, 0.2) is 0 Å². The Morgan fingerprint density at radius 3 is 2.19 bits per heavy atom. The van der Waals surface area contributed by atoms with Gasteiger partial charge in [0.05, 0.1) is 13.0 Å². The summed E-state index contributed by atoms with van der Waals surface area (Å²) in [5.74, 6) is -0.0491. The summed E-state index contributed by atoms with van der Waals surface area (Å²) in [5, 5.41) is 2.76. The second-order valence-electron chi connectivity index (χ2n) is 5.66. The van der Waals surface area contributed by atoms with Gasteiger partial charge in [-0.15, -0.1) is 0 Å². The number of amides is 2. The van der Waals surface area contributed by atoms with E-state index >= 15 is 0 Å². The van der Waals surface area contributed by atoms with Crippen molar-refractivity contribution in [2.45, 2.75) is 20.3 Å². The van der Waals surface area contributed by atoms with Crippen LogP contribution in [0.3, 0.4) is 0 Å². The van der Waals surface area contributed by atoms with Crippen molar-refractivity contribution < 1.29 is 18.7 Å². The van der Waals surface area contributed by atoms with Gasteiger partial charge in [0, 0.05) is 24.3 Å². The minimum atomic E-state index is -0.335. The maximum Gasteiger partial charge on any atom is 0.253 e. The van der Waals surface area contributed by atoms with Gasteiger partial charge in [-0.2, -0.15) is 0 Å². The van der Waals surface area contributed by atoms with Crippen LogP contribution in [0.4, 0.5) is 10.1 Å². The number of benzene rings is 2. The molecule has 0 aliphatic carbocycles. The Hall–Kier alpha value is -2.89. The van der Waals surface area contributed by atoms with E-state index in [4.69, 9.17) is 4.74 Å². The van der Waals surface area contributed by atoms with E-state index in [-0.39, 0.29) is 30.7 Å². The molecule has 0 atom stereocenters. The van der Waals surface area contributed by atoms with E-state index in [1.54, 1.807) is 29.2 Å². The summed E-state index contributed by atoms with van der Waals surface area (Å²) in [5.41, 5.74) is 1.21. The number of carbonyl (C=O) groups excluding carboxylic acids is 2. The summed E-state index contributed by atoms with van der Waals surface area (Å²) < 4.78 is 18.2. The van der Waals surface area contributed by atoms with E-state index in [2.05, 4.69) is 5.32 Å². The lowest BCUT2D eigenvalue weighted by atomic mass is 10.1. The van der Waals surface area contributed by atoms with Crippen LogP contribution in [0, 0.1) is 5.82 Å².